The lowest BCUT2D eigenvalue weighted by Gasteiger charge is -2.21. The van der Waals surface area contributed by atoms with E-state index in [2.05, 4.69) is 39.9 Å². The standard InChI is InChI=1S/C24H27N5O3.HI/c1-17(21-10-6-8-19-7-4-5-9-22(19)21)27-24(26-16-23(30)28(2)3)25-15-18-11-13-20(14-12-18)29(31)32;/h4-14,17H,15-16H2,1-3H3,(H2,25,26,27);1H. The average Bonchev–Trinajstić information content (AvgIpc) is 2.80. The van der Waals surface area contributed by atoms with E-state index in [-0.39, 0.29) is 48.2 Å². The molecule has 0 heterocycles. The van der Waals surface area contributed by atoms with Crippen LogP contribution < -0.4 is 10.6 Å². The zero-order valence-electron chi connectivity index (χ0n) is 18.8. The number of nitrogens with one attached hydrogen (secondary N) is 2. The SMILES string of the molecule is CC(NC(=NCc1ccc([N+](=O)[O-])cc1)NCC(=O)N(C)C)c1cccc2ccccc12.I. The largest absolute Gasteiger partial charge is 0.350 e. The summed E-state index contributed by atoms with van der Waals surface area (Å²) in [5.74, 6) is 0.409. The fourth-order valence-electron chi connectivity index (χ4n) is 3.27. The van der Waals surface area contributed by atoms with E-state index in [1.54, 1.807) is 26.2 Å². The molecule has 9 heteroatoms. The number of carbonyl (C=O) groups is 1. The van der Waals surface area contributed by atoms with E-state index in [4.69, 9.17) is 0 Å². The third-order valence-electron chi connectivity index (χ3n) is 5.12. The van der Waals surface area contributed by atoms with E-state index in [9.17, 15) is 14.9 Å². The minimum absolute atomic E-state index is 0. The van der Waals surface area contributed by atoms with Gasteiger partial charge in [0.05, 0.1) is 24.1 Å². The average molecular weight is 561 g/mol. The van der Waals surface area contributed by atoms with Crippen LogP contribution in [0.1, 0.15) is 24.1 Å². The highest BCUT2D eigenvalue weighted by Gasteiger charge is 2.13. The van der Waals surface area contributed by atoms with Crippen LogP contribution in [0.4, 0.5) is 5.69 Å². The number of rotatable bonds is 7. The Labute approximate surface area is 210 Å². The fourth-order valence-corrected chi connectivity index (χ4v) is 3.27. The van der Waals surface area contributed by atoms with Gasteiger partial charge in [-0.05, 0) is 28.8 Å². The summed E-state index contributed by atoms with van der Waals surface area (Å²) in [6.45, 7) is 2.45. The highest BCUT2D eigenvalue weighted by atomic mass is 127. The molecule has 0 bridgehead atoms. The third kappa shape index (κ3) is 7.14. The molecule has 2 N–H and O–H groups in total. The smallest absolute Gasteiger partial charge is 0.269 e. The number of guanidine groups is 1. The number of nitrogens with zero attached hydrogens (tertiary/aromatic N) is 3. The molecule has 3 rings (SSSR count). The Kier molecular flexibility index (Phi) is 9.58. The van der Waals surface area contributed by atoms with Gasteiger partial charge in [-0.15, -0.1) is 24.0 Å². The van der Waals surface area contributed by atoms with Crippen LogP contribution in [0.2, 0.25) is 0 Å². The molecule has 0 aliphatic heterocycles. The molecule has 0 aliphatic carbocycles. The van der Waals surface area contributed by atoms with Gasteiger partial charge in [0.15, 0.2) is 5.96 Å². The second-order valence-corrected chi connectivity index (χ2v) is 7.66. The Bertz CT molecular complexity index is 1130. The second kappa shape index (κ2) is 12.1. The molecular formula is C24H28IN5O3. The van der Waals surface area contributed by atoms with Crippen LogP contribution in [0.25, 0.3) is 10.8 Å². The molecular weight excluding hydrogens is 533 g/mol. The maximum absolute atomic E-state index is 12.1. The summed E-state index contributed by atoms with van der Waals surface area (Å²) in [5, 5.41) is 19.6. The number of aliphatic imine (C=N–C) groups is 1. The first-order valence-corrected chi connectivity index (χ1v) is 10.3. The number of nitro benzene ring substituents is 1. The summed E-state index contributed by atoms with van der Waals surface area (Å²) in [4.78, 5) is 28.6. The second-order valence-electron chi connectivity index (χ2n) is 7.66. The number of hydrogen-bond donors (Lipinski definition) is 2. The predicted octanol–water partition coefficient (Wildman–Crippen LogP) is 4.25. The number of likely N-dealkylation sites (N-methyl/N-ethyl adjacent to an activating group) is 1. The summed E-state index contributed by atoms with van der Waals surface area (Å²) >= 11 is 0. The minimum atomic E-state index is -0.430. The van der Waals surface area contributed by atoms with Crippen molar-refractivity contribution < 1.29 is 9.72 Å². The van der Waals surface area contributed by atoms with Crippen molar-refractivity contribution in [1.82, 2.24) is 15.5 Å². The number of nitro groups is 1. The maximum atomic E-state index is 12.1. The molecule has 174 valence electrons. The van der Waals surface area contributed by atoms with E-state index in [0.29, 0.717) is 12.5 Å². The van der Waals surface area contributed by atoms with E-state index in [1.165, 1.54) is 17.0 Å². The Balaban J connectivity index is 0.00000385. The molecule has 0 fully saturated rings. The van der Waals surface area contributed by atoms with Gasteiger partial charge in [-0.1, -0.05) is 54.6 Å². The van der Waals surface area contributed by atoms with E-state index >= 15 is 0 Å². The molecule has 3 aromatic carbocycles. The third-order valence-corrected chi connectivity index (χ3v) is 5.12. The van der Waals surface area contributed by atoms with Crippen LogP contribution in [0.5, 0.6) is 0 Å². The van der Waals surface area contributed by atoms with E-state index in [1.807, 2.05) is 25.1 Å². The minimum Gasteiger partial charge on any atom is -0.350 e. The number of hydrogen-bond acceptors (Lipinski definition) is 4. The van der Waals surface area contributed by atoms with Gasteiger partial charge in [0, 0.05) is 26.2 Å². The molecule has 33 heavy (non-hydrogen) atoms. The zero-order valence-corrected chi connectivity index (χ0v) is 21.1. The van der Waals surface area contributed by atoms with Crippen molar-refractivity contribution in [2.75, 3.05) is 20.6 Å². The van der Waals surface area contributed by atoms with Gasteiger partial charge in [0.2, 0.25) is 5.91 Å². The van der Waals surface area contributed by atoms with Gasteiger partial charge in [-0.3, -0.25) is 14.9 Å². The Morgan fingerprint density at radius 1 is 1.06 bits per heavy atom. The lowest BCUT2D eigenvalue weighted by Crippen LogP contribution is -2.43. The Morgan fingerprint density at radius 3 is 2.39 bits per heavy atom. The van der Waals surface area contributed by atoms with E-state index < -0.39 is 4.92 Å². The number of non-ortho nitro benzene ring substituents is 1. The Hall–Kier alpha value is -3.21. The van der Waals surface area contributed by atoms with Crippen LogP contribution in [0, 0.1) is 10.1 Å². The van der Waals surface area contributed by atoms with E-state index in [0.717, 1.165) is 21.9 Å². The molecule has 3 aromatic rings. The molecule has 1 atom stereocenters. The molecule has 8 nitrogen and oxygen atoms in total. The normalized spacial score (nSPS) is 11.9. The van der Waals surface area contributed by atoms with Crippen LogP contribution in [-0.2, 0) is 11.3 Å². The summed E-state index contributed by atoms with van der Waals surface area (Å²) in [7, 11) is 3.40. The number of benzene rings is 3. The fraction of sp³-hybridized carbons (Fsp3) is 0.250. The topological polar surface area (TPSA) is 99.9 Å². The van der Waals surface area contributed by atoms with Crippen molar-refractivity contribution in [3.05, 3.63) is 88.0 Å². The van der Waals surface area contributed by atoms with Crippen LogP contribution in [0.3, 0.4) is 0 Å². The lowest BCUT2D eigenvalue weighted by atomic mass is 10.00. The van der Waals surface area contributed by atoms with Crippen molar-refractivity contribution in [2.45, 2.75) is 19.5 Å². The van der Waals surface area contributed by atoms with Gasteiger partial charge >= 0.3 is 0 Å². The van der Waals surface area contributed by atoms with Crippen molar-refractivity contribution in [3.8, 4) is 0 Å². The summed E-state index contributed by atoms with van der Waals surface area (Å²) in [6.07, 6.45) is 0. The lowest BCUT2D eigenvalue weighted by molar-refractivity contribution is -0.384. The van der Waals surface area contributed by atoms with Crippen molar-refractivity contribution in [1.29, 1.82) is 0 Å². The van der Waals surface area contributed by atoms with Crippen LogP contribution >= 0.6 is 24.0 Å². The monoisotopic (exact) mass is 561 g/mol. The van der Waals surface area contributed by atoms with Gasteiger partial charge in [0.1, 0.15) is 0 Å². The molecule has 1 unspecified atom stereocenters. The van der Waals surface area contributed by atoms with Crippen LogP contribution in [-0.4, -0.2) is 42.3 Å². The first-order valence-electron chi connectivity index (χ1n) is 10.3. The first-order chi connectivity index (χ1) is 15.3. The van der Waals surface area contributed by atoms with Gasteiger partial charge in [-0.2, -0.15) is 0 Å². The first kappa shape index (κ1) is 26.0. The molecule has 0 aliphatic rings. The van der Waals surface area contributed by atoms with Crippen molar-refractivity contribution in [3.63, 3.8) is 0 Å². The highest BCUT2D eigenvalue weighted by molar-refractivity contribution is 14.0. The van der Waals surface area contributed by atoms with Crippen molar-refractivity contribution in [2.24, 2.45) is 4.99 Å². The Morgan fingerprint density at radius 2 is 1.73 bits per heavy atom. The molecule has 0 spiro atoms. The number of halogens is 1. The van der Waals surface area contributed by atoms with Gasteiger partial charge in [0.25, 0.3) is 5.69 Å². The number of carbonyl (C=O) groups excluding carboxylic acids is 1. The molecule has 0 aromatic heterocycles. The quantitative estimate of drug-likeness (QED) is 0.148. The molecule has 0 saturated carbocycles. The molecule has 0 radical (unpaired) electrons. The number of fused-ring (bicyclic) bond motifs is 1. The van der Waals surface area contributed by atoms with Crippen molar-refractivity contribution >= 4 is 52.3 Å². The maximum Gasteiger partial charge on any atom is 0.269 e. The summed E-state index contributed by atoms with van der Waals surface area (Å²) < 4.78 is 0. The predicted molar refractivity (Wildman–Crippen MR) is 142 cm³/mol. The summed E-state index contributed by atoms with van der Waals surface area (Å²) in [6, 6.07) is 20.5. The highest BCUT2D eigenvalue weighted by Crippen LogP contribution is 2.24. The molecule has 1 amide bonds. The van der Waals surface area contributed by atoms with Crippen LogP contribution in [0.15, 0.2) is 71.7 Å². The molecule has 0 saturated heterocycles. The zero-order chi connectivity index (χ0) is 23.1. The van der Waals surface area contributed by atoms with Gasteiger partial charge in [-0.25, -0.2) is 4.99 Å². The van der Waals surface area contributed by atoms with Gasteiger partial charge < -0.3 is 15.5 Å². The summed E-state index contributed by atoms with van der Waals surface area (Å²) in [5.41, 5.74) is 1.98. The number of amides is 1.